The molecule has 0 saturated carbocycles. The highest BCUT2D eigenvalue weighted by Gasteiger charge is 2.43. The van der Waals surface area contributed by atoms with E-state index in [1.54, 1.807) is 30.2 Å². The molecule has 2 amide bonds. The fourth-order valence-corrected chi connectivity index (χ4v) is 6.64. The Kier molecular flexibility index (Phi) is 9.10. The van der Waals surface area contributed by atoms with Gasteiger partial charge in [-0.2, -0.15) is 0 Å². The van der Waals surface area contributed by atoms with E-state index < -0.39 is 17.7 Å². The zero-order chi connectivity index (χ0) is 31.7. The average Bonchev–Trinajstić information content (AvgIpc) is 3.38. The number of fused-ring (bicyclic) bond motifs is 1. The molecule has 6 rings (SSSR count). The predicted octanol–water partition coefficient (Wildman–Crippen LogP) is 3.15. The second-order valence-electron chi connectivity index (χ2n) is 12.3. The SMILES string of the molecule is C[C@H](C(=O)N[C@H](C)C1(N2CCN(C)CC2)C=CC(F)=CN1)N1Cc2ccc(-c3nc(NC4CCOCC4)ncc3Cl)cc2C1=O. The van der Waals surface area contributed by atoms with Crippen LogP contribution in [0.1, 0.15) is 42.6 Å². The van der Waals surface area contributed by atoms with Crippen molar-refractivity contribution in [1.82, 2.24) is 35.3 Å². The van der Waals surface area contributed by atoms with Gasteiger partial charge in [0.15, 0.2) is 0 Å². The first-order valence-corrected chi connectivity index (χ1v) is 15.9. The van der Waals surface area contributed by atoms with Gasteiger partial charge in [0.1, 0.15) is 17.5 Å². The molecule has 5 heterocycles. The maximum Gasteiger partial charge on any atom is 0.255 e. The van der Waals surface area contributed by atoms with E-state index in [1.165, 1.54) is 12.3 Å². The smallest absolute Gasteiger partial charge is 0.255 e. The summed E-state index contributed by atoms with van der Waals surface area (Å²) in [4.78, 5) is 42.4. The lowest BCUT2D eigenvalue weighted by atomic mass is 9.95. The molecule has 0 aliphatic carbocycles. The molecule has 0 spiro atoms. The van der Waals surface area contributed by atoms with E-state index in [4.69, 9.17) is 16.3 Å². The van der Waals surface area contributed by atoms with Crippen LogP contribution in [0.4, 0.5) is 10.3 Å². The second kappa shape index (κ2) is 13.0. The van der Waals surface area contributed by atoms with Crippen molar-refractivity contribution in [3.05, 3.63) is 64.7 Å². The third kappa shape index (κ3) is 6.42. The van der Waals surface area contributed by atoms with Crippen molar-refractivity contribution in [3.63, 3.8) is 0 Å². The zero-order valence-corrected chi connectivity index (χ0v) is 26.6. The molecule has 2 saturated heterocycles. The summed E-state index contributed by atoms with van der Waals surface area (Å²) in [6, 6.07) is 4.63. The quantitative estimate of drug-likeness (QED) is 0.401. The lowest BCUT2D eigenvalue weighted by Crippen LogP contribution is -2.70. The molecule has 0 radical (unpaired) electrons. The summed E-state index contributed by atoms with van der Waals surface area (Å²) in [5, 5.41) is 10.1. The van der Waals surface area contributed by atoms with E-state index in [1.807, 2.05) is 19.1 Å². The van der Waals surface area contributed by atoms with E-state index in [0.717, 1.165) is 44.6 Å². The largest absolute Gasteiger partial charge is 0.381 e. The van der Waals surface area contributed by atoms with Gasteiger partial charge in [-0.15, -0.1) is 0 Å². The Labute approximate surface area is 267 Å². The number of amides is 2. The highest BCUT2D eigenvalue weighted by Crippen LogP contribution is 2.33. The second-order valence-corrected chi connectivity index (χ2v) is 12.7. The third-order valence-corrected chi connectivity index (χ3v) is 9.62. The number of rotatable bonds is 8. The van der Waals surface area contributed by atoms with Crippen LogP contribution < -0.4 is 16.0 Å². The van der Waals surface area contributed by atoms with Gasteiger partial charge in [-0.3, -0.25) is 14.5 Å². The van der Waals surface area contributed by atoms with Crippen LogP contribution in [0, 0.1) is 0 Å². The molecule has 4 aliphatic heterocycles. The number of dihydropyridines is 1. The molecule has 1 aromatic carbocycles. The number of halogens is 2. The molecule has 2 fully saturated rings. The predicted molar refractivity (Wildman–Crippen MR) is 170 cm³/mol. The van der Waals surface area contributed by atoms with E-state index in [2.05, 4.69) is 42.8 Å². The van der Waals surface area contributed by atoms with E-state index in [9.17, 15) is 14.0 Å². The molecule has 2 aromatic rings. The topological polar surface area (TPSA) is 115 Å². The van der Waals surface area contributed by atoms with Gasteiger partial charge in [-0.05, 0) is 57.5 Å². The van der Waals surface area contributed by atoms with Crippen LogP contribution in [0.2, 0.25) is 5.02 Å². The van der Waals surface area contributed by atoms with Gasteiger partial charge >= 0.3 is 0 Å². The molecule has 3 N–H and O–H groups in total. The average molecular weight is 639 g/mol. The van der Waals surface area contributed by atoms with Gasteiger partial charge in [0.2, 0.25) is 11.9 Å². The maximum atomic E-state index is 14.0. The van der Waals surface area contributed by atoms with E-state index >= 15 is 0 Å². The first-order valence-electron chi connectivity index (χ1n) is 15.5. The van der Waals surface area contributed by atoms with Gasteiger partial charge in [0, 0.05) is 69.3 Å². The number of piperazine rings is 1. The summed E-state index contributed by atoms with van der Waals surface area (Å²) >= 11 is 6.52. The number of carbonyl (C=O) groups excluding carboxylic acids is 2. The number of nitrogens with zero attached hydrogens (tertiary/aromatic N) is 5. The van der Waals surface area contributed by atoms with Crippen molar-refractivity contribution in [3.8, 4) is 11.3 Å². The van der Waals surface area contributed by atoms with E-state index in [0.29, 0.717) is 47.6 Å². The van der Waals surface area contributed by atoms with Crippen molar-refractivity contribution < 1.29 is 18.7 Å². The van der Waals surface area contributed by atoms with Gasteiger partial charge in [0.05, 0.1) is 23.0 Å². The molecule has 0 bridgehead atoms. The van der Waals surface area contributed by atoms with Gasteiger partial charge in [-0.25, -0.2) is 14.4 Å². The molecule has 11 nitrogen and oxygen atoms in total. The van der Waals surface area contributed by atoms with Crippen LogP contribution in [-0.2, 0) is 16.1 Å². The number of aromatic nitrogens is 2. The first-order chi connectivity index (χ1) is 21.6. The number of benzene rings is 1. The normalized spacial score (nSPS) is 24.1. The minimum absolute atomic E-state index is 0.220. The third-order valence-electron chi connectivity index (χ3n) is 9.34. The number of anilines is 1. The molecule has 1 unspecified atom stereocenters. The van der Waals surface area contributed by atoms with Crippen molar-refractivity contribution in [2.75, 3.05) is 51.8 Å². The van der Waals surface area contributed by atoms with Crippen LogP contribution in [0.3, 0.4) is 0 Å². The summed E-state index contributed by atoms with van der Waals surface area (Å²) in [5.74, 6) is -0.418. The van der Waals surface area contributed by atoms with Crippen molar-refractivity contribution in [1.29, 1.82) is 0 Å². The minimum atomic E-state index is -0.797. The number of nitrogens with one attached hydrogen (secondary N) is 3. The molecule has 4 aliphatic rings. The summed E-state index contributed by atoms with van der Waals surface area (Å²) in [6.45, 7) is 8.55. The summed E-state index contributed by atoms with van der Waals surface area (Å²) < 4.78 is 19.4. The Balaban J connectivity index is 1.15. The summed E-state index contributed by atoms with van der Waals surface area (Å²) in [6.07, 6.45) is 7.87. The number of ether oxygens (including phenoxy) is 1. The Morgan fingerprint density at radius 2 is 1.96 bits per heavy atom. The van der Waals surface area contributed by atoms with Gasteiger partial charge in [0.25, 0.3) is 5.91 Å². The molecule has 3 atom stereocenters. The Morgan fingerprint density at radius 3 is 2.67 bits per heavy atom. The standard InChI is InChI=1S/C32H40ClFN8O3/c1-20(29(43)37-21(2)32(9-6-24(34)17-36-32)41-12-10-40(3)11-13-41)42-19-23-5-4-22(16-26(23)30(42)44)28-27(33)18-35-31(39-28)38-25-7-14-45-15-8-25/h4-6,9,16-18,20-21,25,36H,7-8,10-15,19H2,1-3H3,(H,37,43)(H,35,38,39)/t20-,21-,32?/m1/s1. The fraction of sp³-hybridized carbons (Fsp3) is 0.500. The Hall–Kier alpha value is -3.58. The van der Waals surface area contributed by atoms with Crippen LogP contribution in [-0.4, -0.2) is 107 Å². The fourth-order valence-electron chi connectivity index (χ4n) is 6.44. The lowest BCUT2D eigenvalue weighted by molar-refractivity contribution is -0.127. The highest BCUT2D eigenvalue weighted by atomic mass is 35.5. The van der Waals surface area contributed by atoms with Crippen LogP contribution in [0.25, 0.3) is 11.3 Å². The molecule has 13 heteroatoms. The van der Waals surface area contributed by atoms with Crippen molar-refractivity contribution in [2.45, 2.75) is 57.0 Å². The van der Waals surface area contributed by atoms with Crippen molar-refractivity contribution in [2.24, 2.45) is 0 Å². The number of allylic oxidation sites excluding steroid dienone is 2. The van der Waals surface area contributed by atoms with Gasteiger partial charge in [-0.1, -0.05) is 23.7 Å². The number of hydrogen-bond acceptors (Lipinski definition) is 9. The summed E-state index contributed by atoms with van der Waals surface area (Å²) in [5.41, 5.74) is 1.77. The van der Waals surface area contributed by atoms with E-state index in [-0.39, 0.29) is 23.7 Å². The van der Waals surface area contributed by atoms with Crippen LogP contribution >= 0.6 is 11.6 Å². The molecule has 1 aromatic heterocycles. The molecule has 45 heavy (non-hydrogen) atoms. The highest BCUT2D eigenvalue weighted by molar-refractivity contribution is 6.33. The number of carbonyl (C=O) groups is 2. The molecule has 240 valence electrons. The minimum Gasteiger partial charge on any atom is -0.381 e. The Morgan fingerprint density at radius 1 is 1.20 bits per heavy atom. The lowest BCUT2D eigenvalue weighted by Gasteiger charge is -2.50. The molecular weight excluding hydrogens is 599 g/mol. The Bertz CT molecular complexity index is 1510. The maximum absolute atomic E-state index is 14.0. The molecular formula is C32H40ClFN8O3. The van der Waals surface area contributed by atoms with Crippen LogP contribution in [0.5, 0.6) is 0 Å². The van der Waals surface area contributed by atoms with Gasteiger partial charge < -0.3 is 30.5 Å². The monoisotopic (exact) mass is 638 g/mol. The summed E-state index contributed by atoms with van der Waals surface area (Å²) in [7, 11) is 2.07. The number of hydrogen-bond donors (Lipinski definition) is 3. The number of likely N-dealkylation sites (N-methyl/N-ethyl adjacent to an activating group) is 1. The van der Waals surface area contributed by atoms with Crippen LogP contribution in [0.15, 0.2) is 48.6 Å². The van der Waals surface area contributed by atoms with Crippen molar-refractivity contribution >= 4 is 29.4 Å². The zero-order valence-electron chi connectivity index (χ0n) is 25.9. The first kappa shape index (κ1) is 31.4.